The van der Waals surface area contributed by atoms with Crippen LogP contribution in [0.5, 0.6) is 11.5 Å². The number of hydrogen-bond acceptors (Lipinski definition) is 8. The third-order valence-electron chi connectivity index (χ3n) is 4.62. The van der Waals surface area contributed by atoms with Crippen LogP contribution in [0.4, 0.5) is 10.5 Å². The third kappa shape index (κ3) is 5.36. The summed E-state index contributed by atoms with van der Waals surface area (Å²) in [6.45, 7) is 2.34. The fourth-order valence-corrected chi connectivity index (χ4v) is 3.07. The van der Waals surface area contributed by atoms with Crippen LogP contribution >= 0.6 is 0 Å². The maximum absolute atomic E-state index is 12.6. The molecule has 3 rings (SSSR count). The predicted octanol–water partition coefficient (Wildman–Crippen LogP) is 2.27. The fourth-order valence-electron chi connectivity index (χ4n) is 3.07. The Balaban J connectivity index is 1.53. The molecule has 1 aliphatic rings. The highest BCUT2D eigenvalue weighted by molar-refractivity contribution is 5.90. The van der Waals surface area contributed by atoms with Gasteiger partial charge in [0.15, 0.2) is 17.3 Å². The standard InChI is InChI=1S/C19H26N4O6/c1-25-8-9-28-12-17-21-18(22-29-17)13-6-7-23(11-13)19(24)20-14-4-5-15(26-2)16(10-14)27-3/h4-5,10,13H,6-9,11-12H2,1-3H3,(H,20,24). The zero-order chi connectivity index (χ0) is 20.6. The Bertz CT molecular complexity index is 812. The number of aromatic nitrogens is 2. The molecule has 2 heterocycles. The largest absolute Gasteiger partial charge is 0.493 e. The molecule has 1 aromatic carbocycles. The average Bonchev–Trinajstić information content (AvgIpc) is 3.40. The number of carbonyl (C=O) groups is 1. The van der Waals surface area contributed by atoms with Crippen molar-refractivity contribution in [3.05, 3.63) is 29.9 Å². The number of nitrogens with zero attached hydrogens (tertiary/aromatic N) is 3. The van der Waals surface area contributed by atoms with E-state index >= 15 is 0 Å². The maximum Gasteiger partial charge on any atom is 0.321 e. The summed E-state index contributed by atoms with van der Waals surface area (Å²) in [4.78, 5) is 18.7. The van der Waals surface area contributed by atoms with Gasteiger partial charge in [-0.3, -0.25) is 0 Å². The number of benzene rings is 1. The summed E-state index contributed by atoms with van der Waals surface area (Å²) in [6.07, 6.45) is 0.767. The lowest BCUT2D eigenvalue weighted by molar-refractivity contribution is 0.0494. The first-order valence-electron chi connectivity index (χ1n) is 9.31. The van der Waals surface area contributed by atoms with Gasteiger partial charge in [-0.05, 0) is 18.6 Å². The predicted molar refractivity (Wildman–Crippen MR) is 103 cm³/mol. The van der Waals surface area contributed by atoms with E-state index in [2.05, 4.69) is 15.5 Å². The van der Waals surface area contributed by atoms with Gasteiger partial charge in [-0.25, -0.2) is 4.79 Å². The van der Waals surface area contributed by atoms with E-state index in [-0.39, 0.29) is 18.6 Å². The first-order valence-corrected chi connectivity index (χ1v) is 9.31. The highest BCUT2D eigenvalue weighted by atomic mass is 16.5. The van der Waals surface area contributed by atoms with Gasteiger partial charge in [0.25, 0.3) is 5.89 Å². The van der Waals surface area contributed by atoms with Gasteiger partial charge in [0.1, 0.15) is 6.61 Å². The summed E-state index contributed by atoms with van der Waals surface area (Å²) in [7, 11) is 4.73. The second kappa shape index (κ2) is 10.1. The minimum Gasteiger partial charge on any atom is -0.493 e. The zero-order valence-corrected chi connectivity index (χ0v) is 16.8. The summed E-state index contributed by atoms with van der Waals surface area (Å²) in [6, 6.07) is 5.05. The molecule has 1 saturated heterocycles. The lowest BCUT2D eigenvalue weighted by atomic mass is 10.1. The van der Waals surface area contributed by atoms with Crippen molar-refractivity contribution in [2.45, 2.75) is 18.9 Å². The normalized spacial score (nSPS) is 16.1. The third-order valence-corrected chi connectivity index (χ3v) is 4.62. The molecule has 1 N–H and O–H groups in total. The van der Waals surface area contributed by atoms with Gasteiger partial charge in [0, 0.05) is 37.9 Å². The van der Waals surface area contributed by atoms with Crippen molar-refractivity contribution in [1.82, 2.24) is 15.0 Å². The van der Waals surface area contributed by atoms with Crippen LogP contribution in [0.15, 0.2) is 22.7 Å². The monoisotopic (exact) mass is 406 g/mol. The second-order valence-corrected chi connectivity index (χ2v) is 6.52. The van der Waals surface area contributed by atoms with Crippen molar-refractivity contribution >= 4 is 11.7 Å². The Labute approximate surface area is 169 Å². The number of anilines is 1. The Kier molecular flexibility index (Phi) is 7.25. The van der Waals surface area contributed by atoms with E-state index < -0.39 is 0 Å². The van der Waals surface area contributed by atoms with Crippen molar-refractivity contribution in [2.24, 2.45) is 0 Å². The Hall–Kier alpha value is -2.85. The Morgan fingerprint density at radius 1 is 1.24 bits per heavy atom. The van der Waals surface area contributed by atoms with Gasteiger partial charge < -0.3 is 33.7 Å². The minimum absolute atomic E-state index is 0.0302. The number of urea groups is 1. The molecule has 0 aliphatic carbocycles. The topological polar surface area (TPSA) is 108 Å². The highest BCUT2D eigenvalue weighted by Crippen LogP contribution is 2.30. The molecule has 158 valence electrons. The van der Waals surface area contributed by atoms with Crippen molar-refractivity contribution < 1.29 is 28.3 Å². The Morgan fingerprint density at radius 3 is 2.83 bits per heavy atom. The summed E-state index contributed by atoms with van der Waals surface area (Å²) >= 11 is 0. The lowest BCUT2D eigenvalue weighted by Crippen LogP contribution is -2.32. The van der Waals surface area contributed by atoms with Crippen LogP contribution in [0.2, 0.25) is 0 Å². The van der Waals surface area contributed by atoms with Gasteiger partial charge in [-0.1, -0.05) is 5.16 Å². The highest BCUT2D eigenvalue weighted by Gasteiger charge is 2.30. The van der Waals surface area contributed by atoms with Gasteiger partial charge in [-0.2, -0.15) is 4.98 Å². The quantitative estimate of drug-likeness (QED) is 0.632. The van der Waals surface area contributed by atoms with Crippen LogP contribution in [0.1, 0.15) is 24.1 Å². The van der Waals surface area contributed by atoms with Gasteiger partial charge in [0.05, 0.1) is 27.4 Å². The summed E-state index contributed by atoms with van der Waals surface area (Å²) in [5.41, 5.74) is 0.631. The molecular formula is C19H26N4O6. The SMILES string of the molecule is COCCOCc1nc(C2CCN(C(=O)Nc3ccc(OC)c(OC)c3)C2)no1. The van der Waals surface area contributed by atoms with Crippen molar-refractivity contribution in [2.75, 3.05) is 52.9 Å². The molecule has 0 bridgehead atoms. The van der Waals surface area contributed by atoms with Crippen molar-refractivity contribution in [3.63, 3.8) is 0 Å². The number of hydrogen-bond donors (Lipinski definition) is 1. The Morgan fingerprint density at radius 2 is 2.07 bits per heavy atom. The number of amides is 2. The minimum atomic E-state index is -0.189. The van der Waals surface area contributed by atoms with E-state index in [0.29, 0.717) is 55.2 Å². The van der Waals surface area contributed by atoms with E-state index in [1.54, 1.807) is 44.4 Å². The zero-order valence-electron chi connectivity index (χ0n) is 16.8. The molecule has 1 aromatic heterocycles. The second-order valence-electron chi connectivity index (χ2n) is 6.52. The number of carbonyl (C=O) groups excluding carboxylic acids is 1. The molecule has 1 atom stereocenters. The van der Waals surface area contributed by atoms with Crippen molar-refractivity contribution in [3.8, 4) is 11.5 Å². The van der Waals surface area contributed by atoms with Crippen LogP contribution in [0.25, 0.3) is 0 Å². The molecule has 29 heavy (non-hydrogen) atoms. The summed E-state index contributed by atoms with van der Waals surface area (Å²) in [5, 5.41) is 6.91. The van der Waals surface area contributed by atoms with E-state index in [9.17, 15) is 4.79 Å². The van der Waals surface area contributed by atoms with Crippen LogP contribution in [-0.2, 0) is 16.1 Å². The van der Waals surface area contributed by atoms with Gasteiger partial charge >= 0.3 is 6.03 Å². The van der Waals surface area contributed by atoms with E-state index in [1.807, 2.05) is 0 Å². The molecular weight excluding hydrogens is 380 g/mol. The van der Waals surface area contributed by atoms with E-state index in [1.165, 1.54) is 0 Å². The van der Waals surface area contributed by atoms with Gasteiger partial charge in [-0.15, -0.1) is 0 Å². The van der Waals surface area contributed by atoms with E-state index in [0.717, 1.165) is 6.42 Å². The van der Waals surface area contributed by atoms with Crippen LogP contribution in [-0.4, -0.2) is 68.7 Å². The molecule has 1 unspecified atom stereocenters. The molecule has 10 heteroatoms. The number of nitrogens with one attached hydrogen (secondary N) is 1. The smallest absolute Gasteiger partial charge is 0.321 e. The maximum atomic E-state index is 12.6. The molecule has 10 nitrogen and oxygen atoms in total. The number of likely N-dealkylation sites (tertiary alicyclic amines) is 1. The first kappa shape index (κ1) is 20.9. The fraction of sp³-hybridized carbons (Fsp3) is 0.526. The molecule has 0 radical (unpaired) electrons. The first-order chi connectivity index (χ1) is 14.1. The van der Waals surface area contributed by atoms with Crippen LogP contribution in [0.3, 0.4) is 0 Å². The molecule has 0 spiro atoms. The van der Waals surface area contributed by atoms with Crippen molar-refractivity contribution in [1.29, 1.82) is 0 Å². The average molecular weight is 406 g/mol. The van der Waals surface area contributed by atoms with Crippen LogP contribution in [0, 0.1) is 0 Å². The number of rotatable bonds is 9. The molecule has 2 amide bonds. The van der Waals surface area contributed by atoms with Gasteiger partial charge in [0.2, 0.25) is 0 Å². The molecule has 1 aliphatic heterocycles. The molecule has 1 fully saturated rings. The summed E-state index contributed by atoms with van der Waals surface area (Å²) in [5.74, 6) is 2.20. The molecule has 0 saturated carbocycles. The lowest BCUT2D eigenvalue weighted by Gasteiger charge is -2.17. The number of methoxy groups -OCH3 is 3. The number of ether oxygens (including phenoxy) is 4. The summed E-state index contributed by atoms with van der Waals surface area (Å²) < 4.78 is 26.0. The molecule has 2 aromatic rings. The van der Waals surface area contributed by atoms with Crippen LogP contribution < -0.4 is 14.8 Å². The van der Waals surface area contributed by atoms with E-state index in [4.69, 9.17) is 23.5 Å².